The van der Waals surface area contributed by atoms with E-state index >= 15 is 0 Å². The molecule has 0 aromatic carbocycles. The van der Waals surface area contributed by atoms with Crippen molar-refractivity contribution in [2.45, 2.75) is 6.04 Å². The van der Waals surface area contributed by atoms with E-state index in [1.807, 2.05) is 18.2 Å². The summed E-state index contributed by atoms with van der Waals surface area (Å²) in [6, 6.07) is 0.182. The summed E-state index contributed by atoms with van der Waals surface area (Å²) in [5.74, 6) is 0. The number of hydrogen-bond donors (Lipinski definition) is 0. The second-order valence-corrected chi connectivity index (χ2v) is 3.11. The maximum atomic E-state index is 3.97. The lowest BCUT2D eigenvalue weighted by Gasteiger charge is -2.06. The van der Waals surface area contributed by atoms with Crippen LogP contribution >= 0.6 is 15.9 Å². The molecule has 1 atom stereocenters. The Hall–Kier alpha value is -0.700. The normalized spacial score (nSPS) is 27.9. The highest BCUT2D eigenvalue weighted by molar-refractivity contribution is 9.11. The van der Waals surface area contributed by atoms with Crippen LogP contribution in [0.1, 0.15) is 0 Å². The van der Waals surface area contributed by atoms with Crippen LogP contribution in [0.2, 0.25) is 0 Å². The van der Waals surface area contributed by atoms with Gasteiger partial charge in [-0.2, -0.15) is 10.2 Å². The van der Waals surface area contributed by atoms with E-state index in [1.54, 1.807) is 6.20 Å². The number of rotatable bonds is 0. The van der Waals surface area contributed by atoms with Crippen LogP contribution in [-0.2, 0) is 0 Å². The molecule has 0 bridgehead atoms. The monoisotopic (exact) mass is 196 g/mol. The molecule has 2 nitrogen and oxygen atoms in total. The summed E-state index contributed by atoms with van der Waals surface area (Å²) in [5.41, 5.74) is 1.16. The van der Waals surface area contributed by atoms with Crippen LogP contribution in [0.15, 0.2) is 44.7 Å². The largest absolute Gasteiger partial charge is 0.177 e. The number of azo groups is 1. The third kappa shape index (κ3) is 0.865. The van der Waals surface area contributed by atoms with E-state index in [4.69, 9.17) is 0 Å². The molecule has 0 aromatic heterocycles. The molecule has 2 rings (SSSR count). The summed E-state index contributed by atoms with van der Waals surface area (Å²) in [4.78, 5) is 0. The third-order valence-corrected chi connectivity index (χ3v) is 1.97. The number of allylic oxidation sites excluding steroid dienone is 2. The van der Waals surface area contributed by atoms with Crippen molar-refractivity contribution in [2.24, 2.45) is 10.2 Å². The lowest BCUT2D eigenvalue weighted by Crippen LogP contribution is -2.01. The summed E-state index contributed by atoms with van der Waals surface area (Å²) in [7, 11) is 0. The van der Waals surface area contributed by atoms with Gasteiger partial charge in [0.2, 0.25) is 0 Å². The van der Waals surface area contributed by atoms with Gasteiger partial charge >= 0.3 is 0 Å². The zero-order chi connectivity index (χ0) is 6.97. The van der Waals surface area contributed by atoms with Crippen molar-refractivity contribution in [3.8, 4) is 0 Å². The van der Waals surface area contributed by atoms with Crippen molar-refractivity contribution in [1.29, 1.82) is 0 Å². The predicted molar refractivity (Wildman–Crippen MR) is 42.9 cm³/mol. The smallest absolute Gasteiger partial charge is 0.116 e. The van der Waals surface area contributed by atoms with Gasteiger partial charge < -0.3 is 0 Å². The molecule has 0 saturated heterocycles. The SMILES string of the molecule is BrC1=CC2=CN=N[C@@H]2C=C1. The molecule has 1 aliphatic carbocycles. The van der Waals surface area contributed by atoms with E-state index in [2.05, 4.69) is 26.2 Å². The fourth-order valence-electron chi connectivity index (χ4n) is 0.978. The number of nitrogens with zero attached hydrogens (tertiary/aromatic N) is 2. The van der Waals surface area contributed by atoms with Crippen LogP contribution < -0.4 is 0 Å². The van der Waals surface area contributed by atoms with Gasteiger partial charge in [0.25, 0.3) is 0 Å². The van der Waals surface area contributed by atoms with Crippen LogP contribution in [0.3, 0.4) is 0 Å². The van der Waals surface area contributed by atoms with E-state index in [0.29, 0.717) is 0 Å². The lowest BCUT2D eigenvalue weighted by molar-refractivity contribution is 0.944. The molecule has 3 heteroatoms. The first kappa shape index (κ1) is 6.04. The predicted octanol–water partition coefficient (Wildman–Crippen LogP) is 2.55. The minimum Gasteiger partial charge on any atom is -0.177 e. The summed E-state index contributed by atoms with van der Waals surface area (Å²) in [6.45, 7) is 0. The Balaban J connectivity index is 2.39. The molecule has 0 aromatic rings. The molecule has 0 spiro atoms. The zero-order valence-corrected chi connectivity index (χ0v) is 6.75. The molecule has 1 heterocycles. The minimum atomic E-state index is 0.182. The van der Waals surface area contributed by atoms with Crippen molar-refractivity contribution in [3.05, 3.63) is 34.5 Å². The molecule has 10 heavy (non-hydrogen) atoms. The lowest BCUT2D eigenvalue weighted by atomic mass is 10.1. The highest BCUT2D eigenvalue weighted by Gasteiger charge is 2.15. The maximum absolute atomic E-state index is 3.97. The van der Waals surface area contributed by atoms with Crippen LogP contribution in [0.4, 0.5) is 0 Å². The molecule has 0 N–H and O–H groups in total. The molecule has 0 unspecified atom stereocenters. The summed E-state index contributed by atoms with van der Waals surface area (Å²) < 4.78 is 1.09. The van der Waals surface area contributed by atoms with E-state index in [1.165, 1.54) is 0 Å². The summed E-state index contributed by atoms with van der Waals surface area (Å²) in [5, 5.41) is 7.78. The quantitative estimate of drug-likeness (QED) is 0.570. The van der Waals surface area contributed by atoms with Gasteiger partial charge in [0, 0.05) is 10.1 Å². The van der Waals surface area contributed by atoms with E-state index in [9.17, 15) is 0 Å². The summed E-state index contributed by atoms with van der Waals surface area (Å²) in [6.07, 6.45) is 7.83. The highest BCUT2D eigenvalue weighted by Crippen LogP contribution is 2.25. The summed E-state index contributed by atoms with van der Waals surface area (Å²) >= 11 is 3.37. The van der Waals surface area contributed by atoms with Crippen LogP contribution in [-0.4, -0.2) is 6.04 Å². The second-order valence-electron chi connectivity index (χ2n) is 2.19. The molecular formula is C7H5BrN2. The minimum absolute atomic E-state index is 0.182. The highest BCUT2D eigenvalue weighted by atomic mass is 79.9. The van der Waals surface area contributed by atoms with Gasteiger partial charge in [-0.1, -0.05) is 22.0 Å². The first-order chi connectivity index (χ1) is 4.86. The van der Waals surface area contributed by atoms with Crippen molar-refractivity contribution in [1.82, 2.24) is 0 Å². The second kappa shape index (κ2) is 2.16. The van der Waals surface area contributed by atoms with Crippen molar-refractivity contribution < 1.29 is 0 Å². The number of hydrogen-bond acceptors (Lipinski definition) is 2. The molecule has 0 fully saturated rings. The van der Waals surface area contributed by atoms with Gasteiger partial charge in [0.15, 0.2) is 0 Å². The Morgan fingerprint density at radius 2 is 2.40 bits per heavy atom. The van der Waals surface area contributed by atoms with Crippen LogP contribution in [0, 0.1) is 0 Å². The molecular weight excluding hydrogens is 192 g/mol. The van der Waals surface area contributed by atoms with Gasteiger partial charge in [-0.25, -0.2) is 0 Å². The van der Waals surface area contributed by atoms with Gasteiger partial charge in [0.05, 0.1) is 6.20 Å². The fourth-order valence-corrected chi connectivity index (χ4v) is 1.39. The molecule has 0 amide bonds. The fraction of sp³-hybridized carbons (Fsp3) is 0.143. The molecule has 0 radical (unpaired) electrons. The standard InChI is InChI=1S/C7H5BrN2/c8-6-1-2-7-5(3-6)4-9-10-7/h1-4,7H/t7-/m1/s1. The van der Waals surface area contributed by atoms with Crippen LogP contribution in [0.25, 0.3) is 0 Å². The topological polar surface area (TPSA) is 24.7 Å². The molecule has 2 aliphatic rings. The average Bonchev–Trinajstić information content (AvgIpc) is 2.33. The Kier molecular flexibility index (Phi) is 1.31. The first-order valence-corrected chi connectivity index (χ1v) is 3.81. The van der Waals surface area contributed by atoms with Crippen molar-refractivity contribution in [3.63, 3.8) is 0 Å². The van der Waals surface area contributed by atoms with Gasteiger partial charge in [-0.15, -0.1) is 0 Å². The van der Waals surface area contributed by atoms with Gasteiger partial charge in [-0.3, -0.25) is 0 Å². The van der Waals surface area contributed by atoms with Crippen molar-refractivity contribution >= 4 is 15.9 Å². The van der Waals surface area contributed by atoms with Crippen LogP contribution in [0.5, 0.6) is 0 Å². The average molecular weight is 197 g/mol. The Labute approximate surface area is 67.2 Å². The Bertz CT molecular complexity index is 273. The Morgan fingerprint density at radius 3 is 3.30 bits per heavy atom. The van der Waals surface area contributed by atoms with E-state index < -0.39 is 0 Å². The Morgan fingerprint density at radius 1 is 1.50 bits per heavy atom. The third-order valence-electron chi connectivity index (χ3n) is 1.48. The number of halogens is 1. The zero-order valence-electron chi connectivity index (χ0n) is 5.16. The van der Waals surface area contributed by atoms with E-state index in [0.717, 1.165) is 10.1 Å². The molecule has 1 aliphatic heterocycles. The van der Waals surface area contributed by atoms with E-state index in [-0.39, 0.29) is 6.04 Å². The van der Waals surface area contributed by atoms with Crippen molar-refractivity contribution in [2.75, 3.05) is 0 Å². The maximum Gasteiger partial charge on any atom is 0.116 e. The van der Waals surface area contributed by atoms with Gasteiger partial charge in [-0.05, 0) is 12.2 Å². The van der Waals surface area contributed by atoms with Gasteiger partial charge in [0.1, 0.15) is 6.04 Å². The number of fused-ring (bicyclic) bond motifs is 1. The first-order valence-electron chi connectivity index (χ1n) is 3.02. The molecule has 50 valence electrons. The molecule has 0 saturated carbocycles.